The fourth-order valence-corrected chi connectivity index (χ4v) is 1.16. The Kier molecular flexibility index (Phi) is 4.24. The summed E-state index contributed by atoms with van der Waals surface area (Å²) in [5, 5.41) is 0. The molecule has 0 fully saturated rings. The molecule has 2 nitrogen and oxygen atoms in total. The highest BCUT2D eigenvalue weighted by molar-refractivity contribution is 5.57. The molecule has 1 rings (SSSR count). The number of hydrogen-bond donors (Lipinski definition) is 1. The third-order valence-electron chi connectivity index (χ3n) is 1.90. The predicted molar refractivity (Wildman–Crippen MR) is 55.6 cm³/mol. The Hall–Kier alpha value is -1.42. The van der Waals surface area contributed by atoms with Crippen LogP contribution in [0.1, 0.15) is 12.0 Å². The van der Waals surface area contributed by atoms with E-state index in [-0.39, 0.29) is 0 Å². The van der Waals surface area contributed by atoms with Crippen molar-refractivity contribution in [2.45, 2.75) is 6.42 Å². The Labute approximate surface area is 87.4 Å². The van der Waals surface area contributed by atoms with Crippen LogP contribution < -0.4 is 10.5 Å². The second-order valence-corrected chi connectivity index (χ2v) is 2.99. The molecule has 15 heavy (non-hydrogen) atoms. The van der Waals surface area contributed by atoms with Gasteiger partial charge in [-0.15, -0.1) is 0 Å². The molecule has 0 aromatic heterocycles. The summed E-state index contributed by atoms with van der Waals surface area (Å²) in [7, 11) is 1.41. The van der Waals surface area contributed by atoms with E-state index in [1.165, 1.54) is 7.11 Å². The van der Waals surface area contributed by atoms with Crippen molar-refractivity contribution in [3.63, 3.8) is 0 Å². The van der Waals surface area contributed by atoms with Gasteiger partial charge in [-0.25, -0.2) is 8.78 Å². The minimum Gasteiger partial charge on any atom is -0.496 e. The number of nitrogens with two attached hydrogens (primary N) is 1. The van der Waals surface area contributed by atoms with Crippen molar-refractivity contribution in [2.75, 3.05) is 13.7 Å². The number of halogens is 2. The van der Waals surface area contributed by atoms with Crippen LogP contribution >= 0.6 is 0 Å². The van der Waals surface area contributed by atoms with Crippen LogP contribution in [0.25, 0.3) is 6.08 Å². The van der Waals surface area contributed by atoms with E-state index in [2.05, 4.69) is 0 Å². The van der Waals surface area contributed by atoms with Crippen LogP contribution in [0.2, 0.25) is 0 Å². The van der Waals surface area contributed by atoms with Crippen LogP contribution in [0, 0.1) is 11.6 Å². The predicted octanol–water partition coefficient (Wildman–Crippen LogP) is 2.34. The minimum absolute atomic E-state index is 0.308. The summed E-state index contributed by atoms with van der Waals surface area (Å²) in [5.41, 5.74) is 5.81. The van der Waals surface area contributed by atoms with Gasteiger partial charge in [0.15, 0.2) is 11.6 Å². The molecular weight excluding hydrogens is 200 g/mol. The van der Waals surface area contributed by atoms with Crippen molar-refractivity contribution < 1.29 is 13.5 Å². The Bertz CT molecular complexity index is 364. The summed E-state index contributed by atoms with van der Waals surface area (Å²) < 4.78 is 30.7. The molecule has 1 aromatic rings. The number of methoxy groups -OCH3 is 1. The molecule has 2 N–H and O–H groups in total. The lowest BCUT2D eigenvalue weighted by atomic mass is 10.1. The largest absolute Gasteiger partial charge is 0.496 e. The first-order chi connectivity index (χ1) is 7.19. The lowest BCUT2D eigenvalue weighted by Crippen LogP contribution is -1.95. The fraction of sp³-hybridized carbons (Fsp3) is 0.273. The van der Waals surface area contributed by atoms with Crippen LogP contribution in [0.5, 0.6) is 5.75 Å². The highest BCUT2D eigenvalue weighted by Crippen LogP contribution is 2.23. The third-order valence-corrected chi connectivity index (χ3v) is 1.90. The fourth-order valence-electron chi connectivity index (χ4n) is 1.16. The van der Waals surface area contributed by atoms with E-state index in [1.807, 2.05) is 0 Å². The zero-order chi connectivity index (χ0) is 11.3. The van der Waals surface area contributed by atoms with Crippen molar-refractivity contribution >= 4 is 6.08 Å². The van der Waals surface area contributed by atoms with E-state index in [4.69, 9.17) is 10.5 Å². The summed E-state index contributed by atoms with van der Waals surface area (Å²) in [4.78, 5) is 0. The smallest absolute Gasteiger partial charge is 0.162 e. The molecule has 0 aliphatic carbocycles. The van der Waals surface area contributed by atoms with Crippen molar-refractivity contribution in [1.29, 1.82) is 0 Å². The topological polar surface area (TPSA) is 35.2 Å². The number of ether oxygens (including phenoxy) is 1. The zero-order valence-electron chi connectivity index (χ0n) is 8.47. The average molecular weight is 213 g/mol. The SMILES string of the molecule is COc1cc(F)c(F)cc1C=CCCN. The minimum atomic E-state index is -0.914. The molecular formula is C11H13F2NO. The summed E-state index contributed by atoms with van der Waals surface area (Å²) in [6.45, 7) is 0.516. The van der Waals surface area contributed by atoms with Gasteiger partial charge in [-0.05, 0) is 19.0 Å². The molecule has 1 aromatic carbocycles. The van der Waals surface area contributed by atoms with E-state index < -0.39 is 11.6 Å². The second kappa shape index (κ2) is 5.46. The van der Waals surface area contributed by atoms with Gasteiger partial charge >= 0.3 is 0 Å². The van der Waals surface area contributed by atoms with Gasteiger partial charge in [-0.1, -0.05) is 12.2 Å². The molecule has 0 saturated carbocycles. The number of rotatable bonds is 4. The summed E-state index contributed by atoms with van der Waals surface area (Å²) in [5.74, 6) is -1.49. The Morgan fingerprint density at radius 1 is 1.33 bits per heavy atom. The van der Waals surface area contributed by atoms with E-state index in [1.54, 1.807) is 12.2 Å². The molecule has 4 heteroatoms. The van der Waals surface area contributed by atoms with Crippen molar-refractivity contribution in [3.8, 4) is 5.75 Å². The van der Waals surface area contributed by atoms with Crippen LogP contribution in [0.15, 0.2) is 18.2 Å². The first-order valence-electron chi connectivity index (χ1n) is 4.58. The Morgan fingerprint density at radius 2 is 2.00 bits per heavy atom. The maximum atomic E-state index is 12.9. The Balaban J connectivity index is 2.99. The van der Waals surface area contributed by atoms with Crippen LogP contribution in [-0.4, -0.2) is 13.7 Å². The van der Waals surface area contributed by atoms with E-state index in [0.29, 0.717) is 24.3 Å². The maximum absolute atomic E-state index is 12.9. The highest BCUT2D eigenvalue weighted by Gasteiger charge is 2.07. The number of benzene rings is 1. The molecule has 0 unspecified atom stereocenters. The lowest BCUT2D eigenvalue weighted by molar-refractivity contribution is 0.405. The quantitative estimate of drug-likeness (QED) is 0.833. The summed E-state index contributed by atoms with van der Waals surface area (Å²) >= 11 is 0. The van der Waals surface area contributed by atoms with Crippen molar-refractivity contribution in [2.24, 2.45) is 5.73 Å². The standard InChI is InChI=1S/C11H13F2NO/c1-15-11-7-10(13)9(12)6-8(11)4-2-3-5-14/h2,4,6-7H,3,5,14H2,1H3. The van der Waals surface area contributed by atoms with Gasteiger partial charge in [0.25, 0.3) is 0 Å². The van der Waals surface area contributed by atoms with Crippen LogP contribution in [-0.2, 0) is 0 Å². The molecule has 0 saturated heterocycles. The first-order valence-corrected chi connectivity index (χ1v) is 4.58. The maximum Gasteiger partial charge on any atom is 0.162 e. The normalized spacial score (nSPS) is 10.9. The molecule has 0 aliphatic heterocycles. The van der Waals surface area contributed by atoms with Gasteiger partial charge in [0.05, 0.1) is 7.11 Å². The summed E-state index contributed by atoms with van der Waals surface area (Å²) in [6, 6.07) is 2.12. The van der Waals surface area contributed by atoms with Gasteiger partial charge in [-0.3, -0.25) is 0 Å². The lowest BCUT2D eigenvalue weighted by Gasteiger charge is -2.05. The third kappa shape index (κ3) is 3.02. The molecule has 0 amide bonds. The second-order valence-electron chi connectivity index (χ2n) is 2.99. The van der Waals surface area contributed by atoms with Gasteiger partial charge in [0.1, 0.15) is 5.75 Å². The molecule has 0 spiro atoms. The van der Waals surface area contributed by atoms with Gasteiger partial charge < -0.3 is 10.5 Å². The van der Waals surface area contributed by atoms with Gasteiger partial charge in [-0.2, -0.15) is 0 Å². The zero-order valence-corrected chi connectivity index (χ0v) is 8.47. The van der Waals surface area contributed by atoms with Gasteiger partial charge in [0.2, 0.25) is 0 Å². The molecule has 0 bridgehead atoms. The molecule has 0 atom stereocenters. The molecule has 0 aliphatic rings. The van der Waals surface area contributed by atoms with E-state index in [0.717, 1.165) is 12.1 Å². The molecule has 0 radical (unpaired) electrons. The van der Waals surface area contributed by atoms with Crippen LogP contribution in [0.4, 0.5) is 8.78 Å². The first kappa shape index (κ1) is 11.7. The summed E-state index contributed by atoms with van der Waals surface area (Å²) in [6.07, 6.45) is 4.13. The van der Waals surface area contributed by atoms with Gasteiger partial charge in [0, 0.05) is 11.6 Å². The molecule has 0 heterocycles. The average Bonchev–Trinajstić information content (AvgIpc) is 2.23. The highest BCUT2D eigenvalue weighted by atomic mass is 19.2. The Morgan fingerprint density at radius 3 is 2.60 bits per heavy atom. The van der Waals surface area contributed by atoms with Crippen molar-refractivity contribution in [1.82, 2.24) is 0 Å². The monoisotopic (exact) mass is 213 g/mol. The van der Waals surface area contributed by atoms with E-state index in [9.17, 15) is 8.78 Å². The van der Waals surface area contributed by atoms with Crippen LogP contribution in [0.3, 0.4) is 0 Å². The molecule has 82 valence electrons. The van der Waals surface area contributed by atoms with Crippen molar-refractivity contribution in [3.05, 3.63) is 35.4 Å². The van der Waals surface area contributed by atoms with E-state index >= 15 is 0 Å². The number of hydrogen-bond acceptors (Lipinski definition) is 2.